The number of nitrogens with one attached hydrogen (secondary N) is 1. The first kappa shape index (κ1) is 18.0. The molecule has 1 N–H and O–H groups in total. The Morgan fingerprint density at radius 2 is 1.36 bits per heavy atom. The number of hydrogen-bond acceptors (Lipinski definition) is 3. The molecule has 28 heavy (non-hydrogen) atoms. The SMILES string of the molecule is C[C@H](Nc1ncnc2cc(F)c(F)cc12)C(c1ccccc1)c1ccccc1. The van der Waals surface area contributed by atoms with Crippen LogP contribution in [0.25, 0.3) is 10.9 Å². The highest BCUT2D eigenvalue weighted by molar-refractivity contribution is 5.89. The molecule has 5 heteroatoms. The van der Waals surface area contributed by atoms with Gasteiger partial charge >= 0.3 is 0 Å². The molecule has 4 rings (SSSR count). The third-order valence-electron chi connectivity index (χ3n) is 4.86. The van der Waals surface area contributed by atoms with Gasteiger partial charge in [0.1, 0.15) is 12.1 Å². The Bertz CT molecular complexity index is 1050. The van der Waals surface area contributed by atoms with Crippen molar-refractivity contribution in [3.63, 3.8) is 0 Å². The summed E-state index contributed by atoms with van der Waals surface area (Å²) < 4.78 is 27.4. The average Bonchev–Trinajstić information content (AvgIpc) is 2.71. The van der Waals surface area contributed by atoms with Gasteiger partial charge in [-0.3, -0.25) is 0 Å². The van der Waals surface area contributed by atoms with Gasteiger partial charge in [0.05, 0.1) is 5.52 Å². The van der Waals surface area contributed by atoms with E-state index >= 15 is 0 Å². The Balaban J connectivity index is 1.74. The maximum absolute atomic E-state index is 13.8. The van der Waals surface area contributed by atoms with E-state index in [1.165, 1.54) is 6.33 Å². The Hall–Kier alpha value is -3.34. The number of anilines is 1. The topological polar surface area (TPSA) is 37.8 Å². The van der Waals surface area contributed by atoms with Gasteiger partial charge in [0.15, 0.2) is 11.6 Å². The second-order valence-corrected chi connectivity index (χ2v) is 6.74. The minimum Gasteiger partial charge on any atom is -0.366 e. The summed E-state index contributed by atoms with van der Waals surface area (Å²) in [7, 11) is 0. The van der Waals surface area contributed by atoms with Crippen LogP contribution in [0.2, 0.25) is 0 Å². The molecular formula is C23H19F2N3. The maximum atomic E-state index is 13.8. The van der Waals surface area contributed by atoms with Gasteiger partial charge in [0.25, 0.3) is 0 Å². The minimum atomic E-state index is -0.920. The molecule has 1 heterocycles. The van der Waals surface area contributed by atoms with Crippen molar-refractivity contribution in [2.45, 2.75) is 18.9 Å². The van der Waals surface area contributed by atoms with Crippen LogP contribution in [-0.4, -0.2) is 16.0 Å². The number of halogens is 2. The lowest BCUT2D eigenvalue weighted by atomic mass is 9.86. The van der Waals surface area contributed by atoms with Gasteiger partial charge < -0.3 is 5.32 Å². The Labute approximate surface area is 162 Å². The van der Waals surface area contributed by atoms with E-state index in [-0.39, 0.29) is 12.0 Å². The van der Waals surface area contributed by atoms with Crippen molar-refractivity contribution in [3.8, 4) is 0 Å². The molecule has 0 spiro atoms. The molecular weight excluding hydrogens is 356 g/mol. The number of nitrogens with zero attached hydrogens (tertiary/aromatic N) is 2. The second-order valence-electron chi connectivity index (χ2n) is 6.74. The summed E-state index contributed by atoms with van der Waals surface area (Å²) in [5, 5.41) is 3.84. The van der Waals surface area contributed by atoms with Crippen LogP contribution in [0.15, 0.2) is 79.1 Å². The molecule has 0 saturated carbocycles. The lowest BCUT2D eigenvalue weighted by Crippen LogP contribution is -2.26. The van der Waals surface area contributed by atoms with E-state index in [2.05, 4.69) is 46.5 Å². The summed E-state index contributed by atoms with van der Waals surface area (Å²) in [6.45, 7) is 2.05. The molecule has 0 unspecified atom stereocenters. The number of hydrogen-bond donors (Lipinski definition) is 1. The monoisotopic (exact) mass is 375 g/mol. The van der Waals surface area contributed by atoms with Crippen molar-refractivity contribution < 1.29 is 8.78 Å². The smallest absolute Gasteiger partial charge is 0.161 e. The van der Waals surface area contributed by atoms with Crippen LogP contribution in [0.3, 0.4) is 0 Å². The standard InChI is InChI=1S/C23H19F2N3/c1-15(22(16-8-4-2-5-9-16)17-10-6-3-7-11-17)28-23-18-12-19(24)20(25)13-21(18)26-14-27-23/h2-15,22H,1H3,(H,26,27,28)/t15-/m0/s1. The minimum absolute atomic E-state index is 0.0534. The molecule has 0 amide bonds. The maximum Gasteiger partial charge on any atom is 0.161 e. The molecule has 3 nitrogen and oxygen atoms in total. The third kappa shape index (κ3) is 3.56. The highest BCUT2D eigenvalue weighted by Gasteiger charge is 2.22. The molecule has 0 aliphatic heterocycles. The molecule has 1 atom stereocenters. The molecule has 1 aromatic heterocycles. The molecule has 3 aromatic carbocycles. The zero-order valence-electron chi connectivity index (χ0n) is 15.3. The molecule has 0 saturated heterocycles. The van der Waals surface area contributed by atoms with Crippen molar-refractivity contribution >= 4 is 16.7 Å². The number of fused-ring (bicyclic) bond motifs is 1. The predicted octanol–water partition coefficient (Wildman–Crippen LogP) is 5.54. The van der Waals surface area contributed by atoms with Crippen molar-refractivity contribution in [2.75, 3.05) is 5.32 Å². The van der Waals surface area contributed by atoms with Crippen LogP contribution in [-0.2, 0) is 0 Å². The van der Waals surface area contributed by atoms with Crippen molar-refractivity contribution in [3.05, 3.63) is 102 Å². The van der Waals surface area contributed by atoms with E-state index in [1.54, 1.807) is 0 Å². The number of benzene rings is 3. The first-order valence-corrected chi connectivity index (χ1v) is 9.09. The van der Waals surface area contributed by atoms with Crippen LogP contribution in [0, 0.1) is 11.6 Å². The fraction of sp³-hybridized carbons (Fsp3) is 0.130. The van der Waals surface area contributed by atoms with Gasteiger partial charge in [0.2, 0.25) is 0 Å². The first-order valence-electron chi connectivity index (χ1n) is 9.09. The molecule has 0 radical (unpaired) electrons. The first-order chi connectivity index (χ1) is 13.6. The normalized spacial score (nSPS) is 12.3. The van der Waals surface area contributed by atoms with Gasteiger partial charge in [-0.25, -0.2) is 18.7 Å². The largest absolute Gasteiger partial charge is 0.366 e. The fourth-order valence-corrected chi connectivity index (χ4v) is 3.56. The van der Waals surface area contributed by atoms with Crippen molar-refractivity contribution in [2.24, 2.45) is 0 Å². The lowest BCUT2D eigenvalue weighted by molar-refractivity contribution is 0.510. The number of rotatable bonds is 5. The molecule has 0 aliphatic rings. The summed E-state index contributed by atoms with van der Waals surface area (Å²) in [6.07, 6.45) is 1.36. The van der Waals surface area contributed by atoms with E-state index < -0.39 is 11.6 Å². The van der Waals surface area contributed by atoms with Crippen molar-refractivity contribution in [1.82, 2.24) is 9.97 Å². The van der Waals surface area contributed by atoms with Crippen molar-refractivity contribution in [1.29, 1.82) is 0 Å². The second kappa shape index (κ2) is 7.72. The summed E-state index contributed by atoms with van der Waals surface area (Å²) >= 11 is 0. The third-order valence-corrected chi connectivity index (χ3v) is 4.86. The molecule has 0 bridgehead atoms. The zero-order chi connectivity index (χ0) is 19.5. The Morgan fingerprint density at radius 1 is 0.786 bits per heavy atom. The summed E-state index contributed by atoms with van der Waals surface area (Å²) in [4.78, 5) is 8.33. The lowest BCUT2D eigenvalue weighted by Gasteiger charge is -2.27. The molecule has 140 valence electrons. The highest BCUT2D eigenvalue weighted by Crippen LogP contribution is 2.31. The number of aromatic nitrogens is 2. The predicted molar refractivity (Wildman–Crippen MR) is 107 cm³/mol. The van der Waals surface area contributed by atoms with E-state index in [4.69, 9.17) is 0 Å². The van der Waals surface area contributed by atoms with Gasteiger partial charge in [-0.1, -0.05) is 60.7 Å². The highest BCUT2D eigenvalue weighted by atomic mass is 19.2. The van der Waals surface area contributed by atoms with Gasteiger partial charge in [0, 0.05) is 23.4 Å². The van der Waals surface area contributed by atoms with E-state index in [1.807, 2.05) is 36.4 Å². The van der Waals surface area contributed by atoms with Gasteiger partial charge in [-0.2, -0.15) is 0 Å². The summed E-state index contributed by atoms with van der Waals surface area (Å²) in [6, 6.07) is 22.5. The van der Waals surface area contributed by atoms with E-state index in [0.29, 0.717) is 16.7 Å². The van der Waals surface area contributed by atoms with E-state index in [9.17, 15) is 8.78 Å². The Morgan fingerprint density at radius 3 is 1.96 bits per heavy atom. The van der Waals surface area contributed by atoms with Crippen LogP contribution >= 0.6 is 0 Å². The molecule has 0 aliphatic carbocycles. The molecule has 4 aromatic rings. The van der Waals surface area contributed by atoms with E-state index in [0.717, 1.165) is 23.3 Å². The summed E-state index contributed by atoms with van der Waals surface area (Å²) in [5.74, 6) is -1.30. The quantitative estimate of drug-likeness (QED) is 0.498. The summed E-state index contributed by atoms with van der Waals surface area (Å²) in [5.41, 5.74) is 2.67. The Kier molecular flexibility index (Phi) is 4.98. The van der Waals surface area contributed by atoms with Gasteiger partial charge in [-0.15, -0.1) is 0 Å². The zero-order valence-corrected chi connectivity index (χ0v) is 15.3. The van der Waals surface area contributed by atoms with Crippen LogP contribution < -0.4 is 5.32 Å². The van der Waals surface area contributed by atoms with Crippen LogP contribution in [0.1, 0.15) is 24.0 Å². The van der Waals surface area contributed by atoms with Crippen LogP contribution in [0.5, 0.6) is 0 Å². The average molecular weight is 375 g/mol. The fourth-order valence-electron chi connectivity index (χ4n) is 3.56. The van der Waals surface area contributed by atoms with Gasteiger partial charge in [-0.05, 0) is 24.1 Å². The molecule has 0 fully saturated rings. The van der Waals surface area contributed by atoms with Crippen LogP contribution in [0.4, 0.5) is 14.6 Å².